The molecule has 0 atom stereocenters. The summed E-state index contributed by atoms with van der Waals surface area (Å²) in [5.41, 5.74) is 0. The lowest BCUT2D eigenvalue weighted by atomic mass is 10.0. The van der Waals surface area contributed by atoms with E-state index in [0.29, 0.717) is 19.4 Å². The molecule has 1 N–H and O–H groups in total. The number of sulfone groups is 1. The van der Waals surface area contributed by atoms with Crippen LogP contribution in [0.4, 0.5) is 0 Å². The Hall–Kier alpha value is -0.750. The molecular formula is C9H13ClN2O3S. The Balaban J connectivity index is 1.99. The zero-order valence-electron chi connectivity index (χ0n) is 8.63. The van der Waals surface area contributed by atoms with E-state index in [1.807, 2.05) is 0 Å². The molecule has 0 aliphatic carbocycles. The van der Waals surface area contributed by atoms with Gasteiger partial charge in [0.05, 0.1) is 17.7 Å². The molecule has 0 saturated carbocycles. The van der Waals surface area contributed by atoms with Crippen molar-refractivity contribution in [2.45, 2.75) is 19.4 Å². The number of rotatable bonds is 2. The second-order valence-electron chi connectivity index (χ2n) is 4.10. The summed E-state index contributed by atoms with van der Waals surface area (Å²) in [5.74, 6) is 0.704. The molecule has 1 aromatic heterocycles. The van der Waals surface area contributed by atoms with E-state index >= 15 is 0 Å². The summed E-state index contributed by atoms with van der Waals surface area (Å²) in [5, 5.41) is 13.4. The lowest BCUT2D eigenvalue weighted by Crippen LogP contribution is -2.26. The van der Waals surface area contributed by atoms with Gasteiger partial charge < -0.3 is 5.11 Å². The minimum Gasteiger partial charge on any atom is -0.504 e. The molecule has 7 heteroatoms. The lowest BCUT2D eigenvalue weighted by Gasteiger charge is -2.21. The maximum atomic E-state index is 11.2. The molecule has 0 amide bonds. The Bertz CT molecular complexity index is 469. The highest BCUT2D eigenvalue weighted by molar-refractivity contribution is 7.91. The van der Waals surface area contributed by atoms with E-state index in [-0.39, 0.29) is 28.3 Å². The summed E-state index contributed by atoms with van der Waals surface area (Å²) in [6.07, 6.45) is 2.57. The Kier molecular flexibility index (Phi) is 3.12. The minimum absolute atomic E-state index is 0.0369. The van der Waals surface area contributed by atoms with Gasteiger partial charge in [-0.2, -0.15) is 5.10 Å². The van der Waals surface area contributed by atoms with Crippen LogP contribution in [0.2, 0.25) is 5.15 Å². The van der Waals surface area contributed by atoms with E-state index in [4.69, 9.17) is 11.6 Å². The van der Waals surface area contributed by atoms with E-state index < -0.39 is 9.84 Å². The first-order valence-electron chi connectivity index (χ1n) is 5.08. The van der Waals surface area contributed by atoms with Gasteiger partial charge in [0.2, 0.25) is 0 Å². The molecule has 2 heterocycles. The fraction of sp³-hybridized carbons (Fsp3) is 0.667. The summed E-state index contributed by atoms with van der Waals surface area (Å²) in [4.78, 5) is 0. The van der Waals surface area contributed by atoms with Crippen LogP contribution in [-0.4, -0.2) is 34.8 Å². The second kappa shape index (κ2) is 4.25. The molecule has 0 radical (unpaired) electrons. The van der Waals surface area contributed by atoms with Gasteiger partial charge >= 0.3 is 0 Å². The maximum absolute atomic E-state index is 11.2. The third-order valence-electron chi connectivity index (χ3n) is 2.86. The molecule has 16 heavy (non-hydrogen) atoms. The Morgan fingerprint density at radius 1 is 1.50 bits per heavy atom. The van der Waals surface area contributed by atoms with Crippen molar-refractivity contribution < 1.29 is 13.5 Å². The van der Waals surface area contributed by atoms with E-state index in [1.165, 1.54) is 10.9 Å². The van der Waals surface area contributed by atoms with Crippen LogP contribution in [-0.2, 0) is 16.4 Å². The Morgan fingerprint density at radius 3 is 2.62 bits per heavy atom. The summed E-state index contributed by atoms with van der Waals surface area (Å²) < 4.78 is 24.0. The molecule has 2 rings (SSSR count). The topological polar surface area (TPSA) is 72.2 Å². The van der Waals surface area contributed by atoms with E-state index in [9.17, 15) is 13.5 Å². The van der Waals surface area contributed by atoms with Crippen molar-refractivity contribution in [1.29, 1.82) is 0 Å². The van der Waals surface area contributed by atoms with Crippen molar-refractivity contribution in [2.75, 3.05) is 11.5 Å². The summed E-state index contributed by atoms with van der Waals surface area (Å²) >= 11 is 5.82. The normalized spacial score (nSPS) is 21.1. The molecule has 0 spiro atoms. The average Bonchev–Trinajstić information content (AvgIpc) is 2.53. The van der Waals surface area contributed by atoms with Crippen LogP contribution < -0.4 is 0 Å². The Labute approximate surface area is 98.9 Å². The van der Waals surface area contributed by atoms with Crippen LogP contribution in [0.25, 0.3) is 0 Å². The van der Waals surface area contributed by atoms with Crippen LogP contribution in [0.5, 0.6) is 5.75 Å². The third kappa shape index (κ3) is 2.49. The quantitative estimate of drug-likeness (QED) is 0.867. The molecule has 1 aliphatic heterocycles. The number of aromatic hydroxyl groups is 1. The molecule has 1 aromatic rings. The van der Waals surface area contributed by atoms with Crippen LogP contribution in [0, 0.1) is 5.92 Å². The SMILES string of the molecule is O=S1(=O)CCC(Cn2ncc(O)c2Cl)CC1. The predicted molar refractivity (Wildman–Crippen MR) is 60.3 cm³/mol. The minimum atomic E-state index is -2.82. The zero-order chi connectivity index (χ0) is 11.8. The highest BCUT2D eigenvalue weighted by Crippen LogP contribution is 2.26. The highest BCUT2D eigenvalue weighted by Gasteiger charge is 2.24. The average molecular weight is 265 g/mol. The number of nitrogens with zero attached hydrogens (tertiary/aromatic N) is 2. The smallest absolute Gasteiger partial charge is 0.172 e. The van der Waals surface area contributed by atoms with E-state index in [2.05, 4.69) is 5.10 Å². The molecule has 1 fully saturated rings. The van der Waals surface area contributed by atoms with Gasteiger partial charge in [-0.25, -0.2) is 8.42 Å². The third-order valence-corrected chi connectivity index (χ3v) is 4.97. The van der Waals surface area contributed by atoms with Gasteiger partial charge in [0.25, 0.3) is 0 Å². The summed E-state index contributed by atoms with van der Waals surface area (Å²) in [6.45, 7) is 0.564. The first kappa shape index (κ1) is 11.7. The van der Waals surface area contributed by atoms with E-state index in [0.717, 1.165) is 0 Å². The van der Waals surface area contributed by atoms with Gasteiger partial charge in [-0.1, -0.05) is 11.6 Å². The van der Waals surface area contributed by atoms with Crippen LogP contribution >= 0.6 is 11.6 Å². The number of hydrogen-bond donors (Lipinski definition) is 1. The van der Waals surface area contributed by atoms with Crippen LogP contribution in [0.1, 0.15) is 12.8 Å². The van der Waals surface area contributed by atoms with Gasteiger partial charge in [-0.3, -0.25) is 4.68 Å². The fourth-order valence-electron chi connectivity index (χ4n) is 1.85. The summed E-state index contributed by atoms with van der Waals surface area (Å²) in [7, 11) is -2.82. The number of aromatic nitrogens is 2. The molecule has 0 unspecified atom stereocenters. The van der Waals surface area contributed by atoms with Gasteiger partial charge in [0.15, 0.2) is 10.9 Å². The van der Waals surface area contributed by atoms with Gasteiger partial charge in [0, 0.05) is 6.54 Å². The molecule has 1 saturated heterocycles. The van der Waals surface area contributed by atoms with Crippen molar-refractivity contribution >= 4 is 21.4 Å². The van der Waals surface area contributed by atoms with Crippen molar-refractivity contribution in [3.63, 3.8) is 0 Å². The molecule has 5 nitrogen and oxygen atoms in total. The second-order valence-corrected chi connectivity index (χ2v) is 6.76. The van der Waals surface area contributed by atoms with Gasteiger partial charge in [-0.15, -0.1) is 0 Å². The first-order chi connectivity index (χ1) is 7.48. The highest BCUT2D eigenvalue weighted by atomic mass is 35.5. The fourth-order valence-corrected chi connectivity index (χ4v) is 3.60. The van der Waals surface area contributed by atoms with Crippen molar-refractivity contribution in [1.82, 2.24) is 9.78 Å². The molecular weight excluding hydrogens is 252 g/mol. The lowest BCUT2D eigenvalue weighted by molar-refractivity contribution is 0.383. The predicted octanol–water partition coefficient (Wildman–Crippen LogP) is 1.07. The largest absolute Gasteiger partial charge is 0.504 e. The molecule has 1 aliphatic rings. The van der Waals surface area contributed by atoms with Crippen molar-refractivity contribution in [3.8, 4) is 5.75 Å². The van der Waals surface area contributed by atoms with Crippen molar-refractivity contribution in [3.05, 3.63) is 11.3 Å². The van der Waals surface area contributed by atoms with Crippen molar-refractivity contribution in [2.24, 2.45) is 5.92 Å². The molecule has 0 bridgehead atoms. The maximum Gasteiger partial charge on any atom is 0.172 e. The van der Waals surface area contributed by atoms with Crippen LogP contribution in [0.15, 0.2) is 6.20 Å². The summed E-state index contributed by atoms with van der Waals surface area (Å²) in [6, 6.07) is 0. The van der Waals surface area contributed by atoms with E-state index in [1.54, 1.807) is 0 Å². The zero-order valence-corrected chi connectivity index (χ0v) is 10.2. The first-order valence-corrected chi connectivity index (χ1v) is 7.28. The number of halogens is 1. The number of hydrogen-bond acceptors (Lipinski definition) is 4. The van der Waals surface area contributed by atoms with Gasteiger partial charge in [0.1, 0.15) is 9.84 Å². The standard InChI is InChI=1S/C9H13ClN2O3S/c10-9-8(13)5-11-12(9)6-7-1-3-16(14,15)4-2-7/h5,7,13H,1-4,6H2. The molecule has 90 valence electrons. The van der Waals surface area contributed by atoms with Gasteiger partial charge in [-0.05, 0) is 18.8 Å². The Morgan fingerprint density at radius 2 is 2.12 bits per heavy atom. The monoisotopic (exact) mass is 264 g/mol. The molecule has 0 aromatic carbocycles. The van der Waals surface area contributed by atoms with Crippen LogP contribution in [0.3, 0.4) is 0 Å².